The molecule has 2 rings (SSSR count). The van der Waals surface area contributed by atoms with Gasteiger partial charge in [-0.15, -0.1) is 0 Å². The van der Waals surface area contributed by atoms with E-state index in [0.29, 0.717) is 0 Å². The summed E-state index contributed by atoms with van der Waals surface area (Å²) in [6.45, 7) is 8.76. The maximum absolute atomic E-state index is 4.71. The van der Waals surface area contributed by atoms with Crippen LogP contribution in [0.5, 0.6) is 0 Å². The molecule has 1 fully saturated rings. The van der Waals surface area contributed by atoms with E-state index in [9.17, 15) is 0 Å². The van der Waals surface area contributed by atoms with Crippen LogP contribution in [0, 0.1) is 0 Å². The van der Waals surface area contributed by atoms with E-state index in [1.807, 2.05) is 7.05 Å². The first-order valence-corrected chi connectivity index (χ1v) is 7.86. The molecule has 5 nitrogen and oxygen atoms in total. The molecule has 0 atom stereocenters. The standard InChI is InChI=1S/C16H29N5/c1-17-13-15-5-4-6-16(18-15)14-21-11-9-20(10-12-21)8-7-19(2)3/h4-6,17H,7-14H2,1-3H3. The average molecular weight is 291 g/mol. The first kappa shape index (κ1) is 16.4. The first-order valence-electron chi connectivity index (χ1n) is 7.86. The van der Waals surface area contributed by atoms with Gasteiger partial charge in [0.2, 0.25) is 0 Å². The third kappa shape index (κ3) is 5.71. The summed E-state index contributed by atoms with van der Waals surface area (Å²) in [5.41, 5.74) is 2.31. The lowest BCUT2D eigenvalue weighted by molar-refractivity contribution is 0.119. The second-order valence-corrected chi connectivity index (χ2v) is 6.07. The summed E-state index contributed by atoms with van der Waals surface area (Å²) in [6, 6.07) is 6.33. The summed E-state index contributed by atoms with van der Waals surface area (Å²) in [5, 5.41) is 3.16. The Kier molecular flexibility index (Phi) is 6.57. The number of piperazine rings is 1. The summed E-state index contributed by atoms with van der Waals surface area (Å²) >= 11 is 0. The number of aromatic nitrogens is 1. The van der Waals surface area contributed by atoms with Crippen molar-refractivity contribution in [3.05, 3.63) is 29.6 Å². The normalized spacial score (nSPS) is 17.5. The maximum atomic E-state index is 4.71. The molecule has 1 saturated heterocycles. The Morgan fingerprint density at radius 2 is 1.76 bits per heavy atom. The van der Waals surface area contributed by atoms with E-state index >= 15 is 0 Å². The van der Waals surface area contributed by atoms with Crippen molar-refractivity contribution in [3.63, 3.8) is 0 Å². The smallest absolute Gasteiger partial charge is 0.0547 e. The Balaban J connectivity index is 1.76. The van der Waals surface area contributed by atoms with E-state index in [0.717, 1.165) is 38.4 Å². The molecule has 118 valence electrons. The predicted octanol–water partition coefficient (Wildman–Crippen LogP) is 0.480. The molecule has 0 bridgehead atoms. The lowest BCUT2D eigenvalue weighted by atomic mass is 10.2. The van der Waals surface area contributed by atoms with Gasteiger partial charge in [-0.05, 0) is 33.3 Å². The number of rotatable bonds is 7. The monoisotopic (exact) mass is 291 g/mol. The van der Waals surface area contributed by atoms with Gasteiger partial charge in [0.15, 0.2) is 0 Å². The molecule has 5 heteroatoms. The lowest BCUT2D eigenvalue weighted by Crippen LogP contribution is -2.47. The minimum Gasteiger partial charge on any atom is -0.314 e. The van der Waals surface area contributed by atoms with E-state index in [2.05, 4.69) is 52.3 Å². The van der Waals surface area contributed by atoms with Gasteiger partial charge in [0.1, 0.15) is 0 Å². The van der Waals surface area contributed by atoms with Crippen LogP contribution in [0.4, 0.5) is 0 Å². The van der Waals surface area contributed by atoms with Crippen molar-refractivity contribution in [2.75, 3.05) is 60.4 Å². The van der Waals surface area contributed by atoms with Crippen LogP contribution in [0.15, 0.2) is 18.2 Å². The minimum absolute atomic E-state index is 0.839. The Hall–Kier alpha value is -1.01. The predicted molar refractivity (Wildman–Crippen MR) is 87.3 cm³/mol. The van der Waals surface area contributed by atoms with Crippen molar-refractivity contribution >= 4 is 0 Å². The molecular weight excluding hydrogens is 262 g/mol. The van der Waals surface area contributed by atoms with E-state index in [4.69, 9.17) is 4.98 Å². The number of hydrogen-bond acceptors (Lipinski definition) is 5. The molecule has 1 aromatic heterocycles. The molecule has 0 aromatic carbocycles. The minimum atomic E-state index is 0.839. The third-order valence-corrected chi connectivity index (χ3v) is 3.94. The zero-order valence-electron chi connectivity index (χ0n) is 13.7. The fourth-order valence-corrected chi connectivity index (χ4v) is 2.64. The van der Waals surface area contributed by atoms with Crippen molar-refractivity contribution in [2.24, 2.45) is 0 Å². The van der Waals surface area contributed by atoms with E-state index in [-0.39, 0.29) is 0 Å². The molecular formula is C16H29N5. The summed E-state index contributed by atoms with van der Waals surface area (Å²) in [6.07, 6.45) is 0. The topological polar surface area (TPSA) is 34.6 Å². The van der Waals surface area contributed by atoms with Gasteiger partial charge in [-0.2, -0.15) is 0 Å². The molecule has 0 saturated carbocycles. The number of hydrogen-bond donors (Lipinski definition) is 1. The number of nitrogens with zero attached hydrogens (tertiary/aromatic N) is 4. The fourth-order valence-electron chi connectivity index (χ4n) is 2.64. The number of nitrogens with one attached hydrogen (secondary N) is 1. The Morgan fingerprint density at radius 1 is 1.10 bits per heavy atom. The average Bonchev–Trinajstić information content (AvgIpc) is 2.47. The van der Waals surface area contributed by atoms with Crippen molar-refractivity contribution in [1.29, 1.82) is 0 Å². The Labute approximate surface area is 128 Å². The van der Waals surface area contributed by atoms with Gasteiger partial charge in [0.05, 0.1) is 11.4 Å². The van der Waals surface area contributed by atoms with Crippen LogP contribution >= 0.6 is 0 Å². The number of pyridine rings is 1. The van der Waals surface area contributed by atoms with Crippen molar-refractivity contribution in [2.45, 2.75) is 13.1 Å². The number of likely N-dealkylation sites (N-methyl/N-ethyl adjacent to an activating group) is 1. The molecule has 1 aliphatic rings. The molecule has 0 unspecified atom stereocenters. The molecule has 21 heavy (non-hydrogen) atoms. The van der Waals surface area contributed by atoms with Crippen LogP contribution in [-0.2, 0) is 13.1 Å². The molecule has 1 aromatic rings. The fraction of sp³-hybridized carbons (Fsp3) is 0.688. The van der Waals surface area contributed by atoms with Gasteiger partial charge in [0.25, 0.3) is 0 Å². The van der Waals surface area contributed by atoms with Crippen LogP contribution in [0.1, 0.15) is 11.4 Å². The largest absolute Gasteiger partial charge is 0.314 e. The second kappa shape index (κ2) is 8.44. The summed E-state index contributed by atoms with van der Waals surface area (Å²) in [7, 11) is 6.24. The van der Waals surface area contributed by atoms with E-state index in [1.165, 1.54) is 25.3 Å². The Bertz CT molecular complexity index is 413. The summed E-state index contributed by atoms with van der Waals surface area (Å²) < 4.78 is 0. The molecule has 0 amide bonds. The van der Waals surface area contributed by atoms with Gasteiger partial charge in [-0.25, -0.2) is 0 Å². The lowest BCUT2D eigenvalue weighted by Gasteiger charge is -2.35. The van der Waals surface area contributed by atoms with Crippen LogP contribution in [0.2, 0.25) is 0 Å². The second-order valence-electron chi connectivity index (χ2n) is 6.07. The van der Waals surface area contributed by atoms with Crippen LogP contribution in [-0.4, -0.2) is 80.1 Å². The highest BCUT2D eigenvalue weighted by molar-refractivity contribution is 5.11. The zero-order chi connectivity index (χ0) is 15.1. The quantitative estimate of drug-likeness (QED) is 0.790. The van der Waals surface area contributed by atoms with E-state index < -0.39 is 0 Å². The van der Waals surface area contributed by atoms with Gasteiger partial charge < -0.3 is 10.2 Å². The Morgan fingerprint density at radius 3 is 2.43 bits per heavy atom. The summed E-state index contributed by atoms with van der Waals surface area (Å²) in [4.78, 5) is 12.0. The van der Waals surface area contributed by atoms with Gasteiger partial charge in [-0.3, -0.25) is 14.8 Å². The molecule has 0 radical (unpaired) electrons. The highest BCUT2D eigenvalue weighted by Crippen LogP contribution is 2.08. The third-order valence-electron chi connectivity index (χ3n) is 3.94. The van der Waals surface area contributed by atoms with Gasteiger partial charge in [-0.1, -0.05) is 6.07 Å². The zero-order valence-corrected chi connectivity index (χ0v) is 13.7. The highest BCUT2D eigenvalue weighted by Gasteiger charge is 2.17. The van der Waals surface area contributed by atoms with Crippen molar-refractivity contribution in [3.8, 4) is 0 Å². The van der Waals surface area contributed by atoms with Crippen LogP contribution in [0.25, 0.3) is 0 Å². The molecule has 0 spiro atoms. The van der Waals surface area contributed by atoms with Gasteiger partial charge in [0, 0.05) is 52.4 Å². The molecule has 1 N–H and O–H groups in total. The molecule has 0 aliphatic carbocycles. The SMILES string of the molecule is CNCc1cccc(CN2CCN(CCN(C)C)CC2)n1. The van der Waals surface area contributed by atoms with Crippen molar-refractivity contribution in [1.82, 2.24) is 25.0 Å². The molecule has 2 heterocycles. The maximum Gasteiger partial charge on any atom is 0.0547 e. The van der Waals surface area contributed by atoms with Crippen molar-refractivity contribution < 1.29 is 0 Å². The highest BCUT2D eigenvalue weighted by atomic mass is 15.3. The first-order chi connectivity index (χ1) is 10.2. The summed E-state index contributed by atoms with van der Waals surface area (Å²) in [5.74, 6) is 0. The van der Waals surface area contributed by atoms with Crippen LogP contribution < -0.4 is 5.32 Å². The van der Waals surface area contributed by atoms with Crippen LogP contribution in [0.3, 0.4) is 0 Å². The molecule has 1 aliphatic heterocycles. The van der Waals surface area contributed by atoms with E-state index in [1.54, 1.807) is 0 Å². The van der Waals surface area contributed by atoms with Gasteiger partial charge >= 0.3 is 0 Å².